The van der Waals surface area contributed by atoms with E-state index in [1.807, 2.05) is 41.8 Å². The van der Waals surface area contributed by atoms with Gasteiger partial charge in [-0.1, -0.05) is 30.3 Å². The van der Waals surface area contributed by atoms with Crippen LogP contribution < -0.4 is 10.1 Å². The van der Waals surface area contributed by atoms with Crippen LogP contribution in [0.1, 0.15) is 20.8 Å². The number of carbonyl (C=O) groups is 1. The number of rotatable bonds is 7. The number of benzene rings is 2. The Morgan fingerprint density at radius 1 is 1.07 bits per heavy atom. The SMILES string of the molecule is O=C(Nc1ccn(Cc2ccc(F)cc2)n1)c1cc(COc2ccccc2)cs1. The number of halogens is 1. The van der Waals surface area contributed by atoms with Crippen LogP contribution in [0.5, 0.6) is 5.75 Å². The molecule has 7 heteroatoms. The second-order valence-electron chi connectivity index (χ2n) is 6.40. The highest BCUT2D eigenvalue weighted by atomic mass is 32.1. The minimum Gasteiger partial charge on any atom is -0.489 e. The summed E-state index contributed by atoms with van der Waals surface area (Å²) < 4.78 is 20.4. The molecule has 2 aromatic carbocycles. The molecule has 146 valence electrons. The molecule has 0 aliphatic carbocycles. The number of amides is 1. The Bertz CT molecular complexity index is 1090. The number of hydrogen-bond acceptors (Lipinski definition) is 4. The molecule has 0 unspecified atom stereocenters. The Morgan fingerprint density at radius 3 is 2.66 bits per heavy atom. The maximum absolute atomic E-state index is 13.0. The van der Waals surface area contributed by atoms with E-state index in [-0.39, 0.29) is 11.7 Å². The Hall–Kier alpha value is -3.45. The molecule has 4 rings (SSSR count). The lowest BCUT2D eigenvalue weighted by molar-refractivity contribution is 0.103. The van der Waals surface area contributed by atoms with E-state index in [2.05, 4.69) is 10.4 Å². The highest BCUT2D eigenvalue weighted by Gasteiger charge is 2.11. The van der Waals surface area contributed by atoms with Crippen LogP contribution in [0.25, 0.3) is 0 Å². The van der Waals surface area contributed by atoms with Gasteiger partial charge in [0.15, 0.2) is 5.82 Å². The summed E-state index contributed by atoms with van der Waals surface area (Å²) in [6, 6.07) is 19.3. The molecule has 0 fully saturated rings. The van der Waals surface area contributed by atoms with Crippen LogP contribution in [0, 0.1) is 5.82 Å². The molecular weight excluding hydrogens is 389 g/mol. The third-order valence-corrected chi connectivity index (χ3v) is 5.14. The number of carbonyl (C=O) groups excluding carboxylic acids is 1. The molecule has 0 atom stereocenters. The van der Waals surface area contributed by atoms with Gasteiger partial charge in [-0.2, -0.15) is 5.10 Å². The Kier molecular flexibility index (Phi) is 5.67. The van der Waals surface area contributed by atoms with Gasteiger partial charge in [-0.05, 0) is 41.3 Å². The van der Waals surface area contributed by atoms with Gasteiger partial charge in [0, 0.05) is 17.8 Å². The van der Waals surface area contributed by atoms with E-state index in [4.69, 9.17) is 4.74 Å². The van der Waals surface area contributed by atoms with Gasteiger partial charge in [0.05, 0.1) is 11.4 Å². The monoisotopic (exact) mass is 407 g/mol. The summed E-state index contributed by atoms with van der Waals surface area (Å²) >= 11 is 1.36. The second-order valence-corrected chi connectivity index (χ2v) is 7.31. The standard InChI is InChI=1S/C22H18FN3O2S/c23-18-8-6-16(7-9-18)13-26-11-10-21(25-26)24-22(27)20-12-17(15-29-20)14-28-19-4-2-1-3-5-19/h1-12,15H,13-14H2,(H,24,25,27). The first-order valence-corrected chi connectivity index (χ1v) is 9.88. The molecule has 5 nitrogen and oxygen atoms in total. The molecule has 0 saturated heterocycles. The topological polar surface area (TPSA) is 56.2 Å². The van der Waals surface area contributed by atoms with E-state index in [0.717, 1.165) is 16.9 Å². The largest absolute Gasteiger partial charge is 0.489 e. The van der Waals surface area contributed by atoms with E-state index >= 15 is 0 Å². The van der Waals surface area contributed by atoms with Gasteiger partial charge < -0.3 is 10.1 Å². The number of thiophene rings is 1. The first kappa shape index (κ1) is 18.9. The molecule has 0 bridgehead atoms. The van der Waals surface area contributed by atoms with Crippen molar-refractivity contribution in [2.45, 2.75) is 13.2 Å². The van der Waals surface area contributed by atoms with Gasteiger partial charge >= 0.3 is 0 Å². The minimum absolute atomic E-state index is 0.215. The predicted octanol–water partition coefficient (Wildman–Crippen LogP) is 4.96. The van der Waals surface area contributed by atoms with E-state index in [1.54, 1.807) is 29.1 Å². The fraction of sp³-hybridized carbons (Fsp3) is 0.0909. The Labute approximate surface area is 171 Å². The van der Waals surface area contributed by atoms with Crippen molar-refractivity contribution in [2.24, 2.45) is 0 Å². The Morgan fingerprint density at radius 2 is 1.86 bits per heavy atom. The van der Waals surface area contributed by atoms with Crippen molar-refractivity contribution in [3.8, 4) is 5.75 Å². The van der Waals surface area contributed by atoms with Crippen molar-refractivity contribution in [1.29, 1.82) is 0 Å². The van der Waals surface area contributed by atoms with Crippen LogP contribution in [0.4, 0.5) is 10.2 Å². The first-order chi connectivity index (χ1) is 14.2. The Balaban J connectivity index is 1.33. The molecule has 1 amide bonds. The van der Waals surface area contributed by atoms with E-state index < -0.39 is 0 Å². The molecule has 0 radical (unpaired) electrons. The number of hydrogen-bond donors (Lipinski definition) is 1. The van der Waals surface area contributed by atoms with Crippen molar-refractivity contribution in [3.63, 3.8) is 0 Å². The summed E-state index contributed by atoms with van der Waals surface area (Å²) in [6.07, 6.45) is 1.77. The number of aromatic nitrogens is 2. The lowest BCUT2D eigenvalue weighted by Gasteiger charge is -2.03. The number of para-hydroxylation sites is 1. The summed E-state index contributed by atoms with van der Waals surface area (Å²) in [6.45, 7) is 0.899. The lowest BCUT2D eigenvalue weighted by atomic mass is 10.2. The van der Waals surface area contributed by atoms with Crippen molar-refractivity contribution < 1.29 is 13.9 Å². The number of nitrogens with zero attached hydrogens (tertiary/aromatic N) is 2. The van der Waals surface area contributed by atoms with E-state index in [0.29, 0.717) is 23.8 Å². The summed E-state index contributed by atoms with van der Waals surface area (Å²) in [7, 11) is 0. The average Bonchev–Trinajstić information content (AvgIpc) is 3.39. The zero-order chi connectivity index (χ0) is 20.1. The maximum atomic E-state index is 13.0. The summed E-state index contributed by atoms with van der Waals surface area (Å²) in [5, 5.41) is 9.05. The third-order valence-electron chi connectivity index (χ3n) is 4.17. The number of anilines is 1. The minimum atomic E-state index is -0.272. The molecule has 29 heavy (non-hydrogen) atoms. The highest BCUT2D eigenvalue weighted by Crippen LogP contribution is 2.19. The summed E-state index contributed by atoms with van der Waals surface area (Å²) in [5.41, 5.74) is 1.86. The molecule has 0 aliphatic heterocycles. The van der Waals surface area contributed by atoms with Gasteiger partial charge in [0.25, 0.3) is 5.91 Å². The highest BCUT2D eigenvalue weighted by molar-refractivity contribution is 7.12. The fourth-order valence-electron chi connectivity index (χ4n) is 2.72. The van der Waals surface area contributed by atoms with E-state index in [9.17, 15) is 9.18 Å². The molecule has 0 aliphatic rings. The summed E-state index contributed by atoms with van der Waals surface area (Å²) in [5.74, 6) is 0.767. The van der Waals surface area contributed by atoms with Crippen LogP contribution in [-0.4, -0.2) is 15.7 Å². The van der Waals surface area contributed by atoms with Crippen molar-refractivity contribution in [1.82, 2.24) is 9.78 Å². The average molecular weight is 407 g/mol. The molecule has 4 aromatic rings. The van der Waals surface area contributed by atoms with Crippen LogP contribution in [0.3, 0.4) is 0 Å². The van der Waals surface area contributed by atoms with Gasteiger partial charge in [-0.15, -0.1) is 11.3 Å². The first-order valence-electron chi connectivity index (χ1n) is 9.00. The van der Waals surface area contributed by atoms with Gasteiger partial charge in [-0.3, -0.25) is 9.48 Å². The normalized spacial score (nSPS) is 10.7. The molecule has 0 spiro atoms. The van der Waals surface area contributed by atoms with Crippen LogP contribution in [0.15, 0.2) is 78.3 Å². The maximum Gasteiger partial charge on any atom is 0.266 e. The van der Waals surface area contributed by atoms with Gasteiger partial charge in [0.1, 0.15) is 18.2 Å². The van der Waals surface area contributed by atoms with E-state index in [1.165, 1.54) is 23.5 Å². The molecule has 0 saturated carbocycles. The number of ether oxygens (including phenoxy) is 1. The number of nitrogens with one attached hydrogen (secondary N) is 1. The quantitative estimate of drug-likeness (QED) is 0.471. The predicted molar refractivity (Wildman–Crippen MR) is 111 cm³/mol. The smallest absolute Gasteiger partial charge is 0.266 e. The van der Waals surface area contributed by atoms with Crippen LogP contribution >= 0.6 is 11.3 Å². The third kappa shape index (κ3) is 5.08. The molecule has 2 heterocycles. The van der Waals surface area contributed by atoms with Crippen LogP contribution in [0.2, 0.25) is 0 Å². The fourth-order valence-corrected chi connectivity index (χ4v) is 3.52. The van der Waals surface area contributed by atoms with Gasteiger partial charge in [-0.25, -0.2) is 4.39 Å². The van der Waals surface area contributed by atoms with Gasteiger partial charge in [0.2, 0.25) is 0 Å². The summed E-state index contributed by atoms with van der Waals surface area (Å²) in [4.78, 5) is 13.1. The van der Waals surface area contributed by atoms with Crippen LogP contribution in [-0.2, 0) is 13.2 Å². The zero-order valence-electron chi connectivity index (χ0n) is 15.4. The molecular formula is C22H18FN3O2S. The van der Waals surface area contributed by atoms with Crippen molar-refractivity contribution in [2.75, 3.05) is 5.32 Å². The van der Waals surface area contributed by atoms with Crippen molar-refractivity contribution in [3.05, 3.63) is 100 Å². The molecule has 2 aromatic heterocycles. The lowest BCUT2D eigenvalue weighted by Crippen LogP contribution is -2.11. The molecule has 1 N–H and O–H groups in total. The van der Waals surface area contributed by atoms with Crippen molar-refractivity contribution >= 4 is 23.1 Å². The zero-order valence-corrected chi connectivity index (χ0v) is 16.2. The second kappa shape index (κ2) is 8.70.